The molecule has 1 aromatic rings. The molecule has 0 spiro atoms. The summed E-state index contributed by atoms with van der Waals surface area (Å²) in [6.07, 6.45) is 5.65. The van der Waals surface area contributed by atoms with Crippen molar-refractivity contribution in [2.24, 2.45) is 5.92 Å². The number of likely N-dealkylation sites (tertiary alicyclic amines) is 1. The van der Waals surface area contributed by atoms with Gasteiger partial charge in [-0.15, -0.1) is 0 Å². The highest BCUT2D eigenvalue weighted by molar-refractivity contribution is 5.88. The smallest absolute Gasteiger partial charge is 0.356 e. The van der Waals surface area contributed by atoms with Crippen LogP contribution in [0.1, 0.15) is 36.7 Å². The number of aromatic nitrogens is 1. The van der Waals surface area contributed by atoms with E-state index < -0.39 is 5.97 Å². The van der Waals surface area contributed by atoms with Crippen LogP contribution in [0, 0.1) is 5.92 Å². The Kier molecular flexibility index (Phi) is 5.99. The molecular weight excluding hydrogens is 266 g/mol. The molecule has 1 aliphatic rings. The standard InChI is InChI=1S/C16H25N3O2/c1-13(12-19-8-4-3-5-9-19)11-18-14-6-7-17-15(10-14)16(20)21-2/h6-7,10,13H,3-5,8-9,11-12H2,1-2H3,(H,17,18). The van der Waals surface area contributed by atoms with E-state index in [9.17, 15) is 4.79 Å². The van der Waals surface area contributed by atoms with Crippen molar-refractivity contribution >= 4 is 11.7 Å². The number of esters is 1. The van der Waals surface area contributed by atoms with E-state index in [1.165, 1.54) is 39.5 Å². The molecule has 5 nitrogen and oxygen atoms in total. The molecule has 1 aromatic heterocycles. The molecule has 1 aliphatic heterocycles. The normalized spacial score (nSPS) is 17.2. The van der Waals surface area contributed by atoms with E-state index in [1.807, 2.05) is 6.07 Å². The highest BCUT2D eigenvalue weighted by Gasteiger charge is 2.13. The second kappa shape index (κ2) is 7.98. The van der Waals surface area contributed by atoms with Crippen molar-refractivity contribution in [2.45, 2.75) is 26.2 Å². The summed E-state index contributed by atoms with van der Waals surface area (Å²) < 4.78 is 4.68. The van der Waals surface area contributed by atoms with Crippen LogP contribution in [0.3, 0.4) is 0 Å². The molecule has 1 saturated heterocycles. The van der Waals surface area contributed by atoms with Crippen molar-refractivity contribution in [1.82, 2.24) is 9.88 Å². The van der Waals surface area contributed by atoms with Gasteiger partial charge in [-0.1, -0.05) is 13.3 Å². The molecule has 0 aromatic carbocycles. The van der Waals surface area contributed by atoms with Gasteiger partial charge in [0.25, 0.3) is 0 Å². The third kappa shape index (κ3) is 5.01. The van der Waals surface area contributed by atoms with E-state index in [1.54, 1.807) is 12.3 Å². The molecule has 0 radical (unpaired) electrons. The van der Waals surface area contributed by atoms with Gasteiger partial charge in [-0.2, -0.15) is 0 Å². The number of hydrogen-bond acceptors (Lipinski definition) is 5. The number of methoxy groups -OCH3 is 1. The number of nitrogens with one attached hydrogen (secondary N) is 1. The summed E-state index contributed by atoms with van der Waals surface area (Å²) in [4.78, 5) is 18.0. The van der Waals surface area contributed by atoms with Crippen LogP contribution in [-0.4, -0.2) is 49.1 Å². The summed E-state index contributed by atoms with van der Waals surface area (Å²) >= 11 is 0. The van der Waals surface area contributed by atoms with Gasteiger partial charge in [0.2, 0.25) is 0 Å². The largest absolute Gasteiger partial charge is 0.464 e. The first-order valence-corrected chi connectivity index (χ1v) is 7.69. The Morgan fingerprint density at radius 2 is 2.19 bits per heavy atom. The number of nitrogens with zero attached hydrogens (tertiary/aromatic N) is 2. The van der Waals surface area contributed by atoms with Crippen molar-refractivity contribution in [1.29, 1.82) is 0 Å². The van der Waals surface area contributed by atoms with Crippen molar-refractivity contribution in [2.75, 3.05) is 38.6 Å². The lowest BCUT2D eigenvalue weighted by atomic mass is 10.1. The molecule has 2 rings (SSSR count). The molecule has 2 heterocycles. The fourth-order valence-corrected chi connectivity index (χ4v) is 2.70. The van der Waals surface area contributed by atoms with Gasteiger partial charge in [0.1, 0.15) is 5.69 Å². The molecular formula is C16H25N3O2. The van der Waals surface area contributed by atoms with E-state index in [4.69, 9.17) is 0 Å². The van der Waals surface area contributed by atoms with Gasteiger partial charge < -0.3 is 15.0 Å². The van der Waals surface area contributed by atoms with E-state index in [0.29, 0.717) is 11.6 Å². The summed E-state index contributed by atoms with van der Waals surface area (Å²) in [5.41, 5.74) is 1.25. The van der Waals surface area contributed by atoms with Crippen LogP contribution < -0.4 is 5.32 Å². The molecule has 1 atom stereocenters. The first-order valence-electron chi connectivity index (χ1n) is 7.69. The first kappa shape index (κ1) is 15.8. The summed E-state index contributed by atoms with van der Waals surface area (Å²) in [5, 5.41) is 3.38. The van der Waals surface area contributed by atoms with Gasteiger partial charge in [-0.3, -0.25) is 0 Å². The van der Waals surface area contributed by atoms with Crippen LogP contribution in [0.15, 0.2) is 18.3 Å². The van der Waals surface area contributed by atoms with Gasteiger partial charge in [0.15, 0.2) is 0 Å². The Morgan fingerprint density at radius 1 is 1.43 bits per heavy atom. The highest BCUT2D eigenvalue weighted by Crippen LogP contribution is 2.13. The maximum Gasteiger partial charge on any atom is 0.356 e. The number of pyridine rings is 1. The van der Waals surface area contributed by atoms with Crippen molar-refractivity contribution in [3.8, 4) is 0 Å². The number of anilines is 1. The minimum atomic E-state index is -0.403. The van der Waals surface area contributed by atoms with E-state index >= 15 is 0 Å². The highest BCUT2D eigenvalue weighted by atomic mass is 16.5. The number of rotatable bonds is 6. The Balaban J connectivity index is 1.80. The van der Waals surface area contributed by atoms with Crippen LogP contribution in [0.25, 0.3) is 0 Å². The number of piperidine rings is 1. The van der Waals surface area contributed by atoms with Crippen LogP contribution >= 0.6 is 0 Å². The molecule has 0 bridgehead atoms. The topological polar surface area (TPSA) is 54.5 Å². The number of hydrogen-bond donors (Lipinski definition) is 1. The quantitative estimate of drug-likeness (QED) is 0.816. The molecule has 1 N–H and O–H groups in total. The zero-order valence-corrected chi connectivity index (χ0v) is 13.0. The van der Waals surface area contributed by atoms with Crippen molar-refractivity contribution < 1.29 is 9.53 Å². The maximum atomic E-state index is 11.4. The molecule has 5 heteroatoms. The molecule has 0 aliphatic carbocycles. The molecule has 0 saturated carbocycles. The SMILES string of the molecule is COC(=O)c1cc(NCC(C)CN2CCCCC2)ccn1. The number of carbonyl (C=O) groups excluding carboxylic acids is 1. The Morgan fingerprint density at radius 3 is 2.90 bits per heavy atom. The Labute approximate surface area is 126 Å². The first-order chi connectivity index (χ1) is 10.2. The average Bonchev–Trinajstić information content (AvgIpc) is 2.53. The van der Waals surface area contributed by atoms with Crippen LogP contribution in [0.4, 0.5) is 5.69 Å². The summed E-state index contributed by atoms with van der Waals surface area (Å²) in [7, 11) is 1.37. The third-order valence-electron chi connectivity index (χ3n) is 3.83. The molecule has 1 fully saturated rings. The minimum Gasteiger partial charge on any atom is -0.464 e. The van der Waals surface area contributed by atoms with Crippen LogP contribution in [0.5, 0.6) is 0 Å². The summed E-state index contributed by atoms with van der Waals surface area (Å²) in [6.45, 7) is 6.73. The number of ether oxygens (including phenoxy) is 1. The van der Waals surface area contributed by atoms with Gasteiger partial charge in [-0.05, 0) is 44.0 Å². The predicted octanol–water partition coefficient (Wildman–Crippen LogP) is 2.40. The monoisotopic (exact) mass is 291 g/mol. The molecule has 116 valence electrons. The van der Waals surface area contributed by atoms with E-state index in [0.717, 1.165) is 18.8 Å². The lowest BCUT2D eigenvalue weighted by molar-refractivity contribution is 0.0594. The average molecular weight is 291 g/mol. The van der Waals surface area contributed by atoms with Crippen molar-refractivity contribution in [3.63, 3.8) is 0 Å². The fraction of sp³-hybridized carbons (Fsp3) is 0.625. The number of carbonyl (C=O) groups is 1. The summed E-state index contributed by atoms with van der Waals surface area (Å²) in [5.74, 6) is 0.165. The van der Waals surface area contributed by atoms with Gasteiger partial charge >= 0.3 is 5.97 Å². The van der Waals surface area contributed by atoms with Gasteiger partial charge in [0.05, 0.1) is 7.11 Å². The predicted molar refractivity (Wildman–Crippen MR) is 83.5 cm³/mol. The van der Waals surface area contributed by atoms with Crippen LogP contribution in [0.2, 0.25) is 0 Å². The second-order valence-electron chi connectivity index (χ2n) is 5.77. The van der Waals surface area contributed by atoms with Gasteiger partial charge in [0, 0.05) is 25.0 Å². The van der Waals surface area contributed by atoms with Crippen LogP contribution in [-0.2, 0) is 4.74 Å². The maximum absolute atomic E-state index is 11.4. The lowest BCUT2D eigenvalue weighted by Gasteiger charge is -2.29. The summed E-state index contributed by atoms with van der Waals surface area (Å²) in [6, 6.07) is 3.61. The fourth-order valence-electron chi connectivity index (χ4n) is 2.70. The van der Waals surface area contributed by atoms with E-state index in [-0.39, 0.29) is 0 Å². The second-order valence-corrected chi connectivity index (χ2v) is 5.77. The Bertz CT molecular complexity index is 459. The lowest BCUT2D eigenvalue weighted by Crippen LogP contribution is -2.35. The van der Waals surface area contributed by atoms with Gasteiger partial charge in [-0.25, -0.2) is 9.78 Å². The Hall–Kier alpha value is -1.62. The minimum absolute atomic E-state index is 0.339. The van der Waals surface area contributed by atoms with Crippen molar-refractivity contribution in [3.05, 3.63) is 24.0 Å². The zero-order valence-electron chi connectivity index (χ0n) is 13.0. The molecule has 1 unspecified atom stereocenters. The zero-order chi connectivity index (χ0) is 15.1. The molecule has 0 amide bonds. The third-order valence-corrected chi connectivity index (χ3v) is 3.83. The van der Waals surface area contributed by atoms with E-state index in [2.05, 4.69) is 26.9 Å². The molecule has 21 heavy (non-hydrogen) atoms.